The number of ether oxygens (including phenoxy) is 1. The summed E-state index contributed by atoms with van der Waals surface area (Å²) in [5, 5.41) is 10.4. The van der Waals surface area contributed by atoms with Crippen molar-refractivity contribution in [3.63, 3.8) is 0 Å². The smallest absolute Gasteiger partial charge is 0.176 e. The molecule has 1 aromatic rings. The molecule has 1 saturated heterocycles. The highest BCUT2D eigenvalue weighted by Crippen LogP contribution is 2.21. The number of ketones is 1. The highest BCUT2D eigenvalue weighted by molar-refractivity contribution is 5.97. The van der Waals surface area contributed by atoms with Gasteiger partial charge >= 0.3 is 0 Å². The molecule has 1 fully saturated rings. The number of hydrogen-bond donors (Lipinski definition) is 1. The lowest BCUT2D eigenvalue weighted by atomic mass is 9.94. The van der Waals surface area contributed by atoms with Crippen LogP contribution >= 0.6 is 0 Å². The number of benzene rings is 1. The number of carbonyl (C=O) groups is 1. The highest BCUT2D eigenvalue weighted by Gasteiger charge is 2.31. The Morgan fingerprint density at radius 2 is 1.95 bits per heavy atom. The Morgan fingerprint density at radius 3 is 2.58 bits per heavy atom. The number of aliphatic hydroxyl groups is 1. The number of hydrogen-bond acceptors (Lipinski definition) is 4. The van der Waals surface area contributed by atoms with E-state index in [2.05, 4.69) is 0 Å². The predicted molar refractivity (Wildman–Crippen MR) is 73.3 cm³/mol. The topological polar surface area (TPSA) is 49.8 Å². The SMILES string of the molecule is CN(CC(=O)c1ccccc1)CC1(O)CCOCC1. The number of Topliss-reactive ketones (excluding diaryl/α,β-unsaturated/α-hetero) is 1. The van der Waals surface area contributed by atoms with Crippen LogP contribution < -0.4 is 0 Å². The molecule has 4 heteroatoms. The molecule has 0 atom stereocenters. The van der Waals surface area contributed by atoms with Crippen LogP contribution in [0.2, 0.25) is 0 Å². The van der Waals surface area contributed by atoms with E-state index in [9.17, 15) is 9.90 Å². The summed E-state index contributed by atoms with van der Waals surface area (Å²) in [5.74, 6) is 0.0822. The third-order valence-electron chi connectivity index (χ3n) is 3.50. The fraction of sp³-hybridized carbons (Fsp3) is 0.533. The molecule has 1 aliphatic heterocycles. The molecule has 1 aliphatic rings. The van der Waals surface area contributed by atoms with Gasteiger partial charge in [-0.2, -0.15) is 0 Å². The highest BCUT2D eigenvalue weighted by atomic mass is 16.5. The van der Waals surface area contributed by atoms with E-state index in [0.717, 1.165) is 0 Å². The monoisotopic (exact) mass is 263 g/mol. The van der Waals surface area contributed by atoms with E-state index in [4.69, 9.17) is 4.74 Å². The van der Waals surface area contributed by atoms with Gasteiger partial charge in [0.05, 0.1) is 12.1 Å². The van der Waals surface area contributed by atoms with Crippen molar-refractivity contribution in [3.05, 3.63) is 35.9 Å². The second kappa shape index (κ2) is 6.28. The first-order chi connectivity index (χ1) is 9.09. The van der Waals surface area contributed by atoms with E-state index >= 15 is 0 Å². The number of carbonyl (C=O) groups excluding carboxylic acids is 1. The fourth-order valence-electron chi connectivity index (χ4n) is 2.43. The van der Waals surface area contributed by atoms with Gasteiger partial charge in [-0.1, -0.05) is 30.3 Å². The summed E-state index contributed by atoms with van der Waals surface area (Å²) in [4.78, 5) is 13.9. The molecule has 0 bridgehead atoms. The van der Waals surface area contributed by atoms with Crippen LogP contribution in [0.5, 0.6) is 0 Å². The standard InChI is InChI=1S/C15H21NO3/c1-16(12-15(18)7-9-19-10-8-15)11-14(17)13-5-3-2-4-6-13/h2-6,18H,7-12H2,1H3. The zero-order valence-electron chi connectivity index (χ0n) is 11.3. The minimum Gasteiger partial charge on any atom is -0.388 e. The molecule has 4 nitrogen and oxygen atoms in total. The van der Waals surface area contributed by atoms with Gasteiger partial charge < -0.3 is 9.84 Å². The van der Waals surface area contributed by atoms with E-state index in [1.807, 2.05) is 42.3 Å². The zero-order valence-corrected chi connectivity index (χ0v) is 11.3. The van der Waals surface area contributed by atoms with Gasteiger partial charge in [0.15, 0.2) is 5.78 Å². The number of nitrogens with zero attached hydrogens (tertiary/aromatic N) is 1. The maximum atomic E-state index is 12.1. The van der Waals surface area contributed by atoms with Crippen molar-refractivity contribution in [1.29, 1.82) is 0 Å². The van der Waals surface area contributed by atoms with Crippen LogP contribution in [0.25, 0.3) is 0 Å². The third-order valence-corrected chi connectivity index (χ3v) is 3.50. The van der Waals surface area contributed by atoms with Gasteiger partial charge in [-0.05, 0) is 7.05 Å². The molecule has 0 amide bonds. The molecule has 0 radical (unpaired) electrons. The lowest BCUT2D eigenvalue weighted by Gasteiger charge is -2.35. The van der Waals surface area contributed by atoms with Crippen molar-refractivity contribution >= 4 is 5.78 Å². The van der Waals surface area contributed by atoms with Gasteiger partial charge in [-0.15, -0.1) is 0 Å². The first-order valence-corrected chi connectivity index (χ1v) is 6.66. The van der Waals surface area contributed by atoms with E-state index in [1.54, 1.807) is 0 Å². The van der Waals surface area contributed by atoms with Gasteiger partial charge in [0.2, 0.25) is 0 Å². The zero-order chi connectivity index (χ0) is 13.7. The Labute approximate surface area is 114 Å². The Hall–Kier alpha value is -1.23. The van der Waals surface area contributed by atoms with Gasteiger partial charge in [-0.3, -0.25) is 9.69 Å². The van der Waals surface area contributed by atoms with Crippen molar-refractivity contribution in [2.24, 2.45) is 0 Å². The lowest BCUT2D eigenvalue weighted by Crippen LogP contribution is -2.46. The summed E-state index contributed by atoms with van der Waals surface area (Å²) in [6.07, 6.45) is 1.27. The lowest BCUT2D eigenvalue weighted by molar-refractivity contribution is -0.0758. The molecule has 104 valence electrons. The molecule has 0 aliphatic carbocycles. The van der Waals surface area contributed by atoms with Gasteiger partial charge in [0.25, 0.3) is 0 Å². The van der Waals surface area contributed by atoms with Crippen molar-refractivity contribution in [2.75, 3.05) is 33.4 Å². The second-order valence-corrected chi connectivity index (χ2v) is 5.30. The molecular weight excluding hydrogens is 242 g/mol. The summed E-state index contributed by atoms with van der Waals surface area (Å²) in [6, 6.07) is 9.25. The normalized spacial score (nSPS) is 18.5. The first kappa shape index (κ1) is 14.2. The minimum atomic E-state index is -0.718. The molecular formula is C15H21NO3. The largest absolute Gasteiger partial charge is 0.388 e. The van der Waals surface area contributed by atoms with Crippen LogP contribution in [0.3, 0.4) is 0 Å². The van der Waals surface area contributed by atoms with Crippen LogP contribution in [0.4, 0.5) is 0 Å². The predicted octanol–water partition coefficient (Wildman–Crippen LogP) is 1.34. The molecule has 0 unspecified atom stereocenters. The maximum absolute atomic E-state index is 12.1. The Morgan fingerprint density at radius 1 is 1.32 bits per heavy atom. The van der Waals surface area contributed by atoms with E-state index in [1.165, 1.54) is 0 Å². The molecule has 2 rings (SSSR count). The fourth-order valence-corrected chi connectivity index (χ4v) is 2.43. The second-order valence-electron chi connectivity index (χ2n) is 5.30. The van der Waals surface area contributed by atoms with Crippen molar-refractivity contribution < 1.29 is 14.6 Å². The average Bonchev–Trinajstić information content (AvgIpc) is 2.39. The molecule has 19 heavy (non-hydrogen) atoms. The Kier molecular flexibility index (Phi) is 4.69. The van der Waals surface area contributed by atoms with Crippen LogP contribution in [0.1, 0.15) is 23.2 Å². The van der Waals surface area contributed by atoms with E-state index in [-0.39, 0.29) is 5.78 Å². The third kappa shape index (κ3) is 4.13. The van der Waals surface area contributed by atoms with E-state index < -0.39 is 5.60 Å². The molecule has 0 saturated carbocycles. The summed E-state index contributed by atoms with van der Waals surface area (Å²) < 4.78 is 5.25. The Balaban J connectivity index is 1.87. The number of rotatable bonds is 5. The van der Waals surface area contributed by atoms with Crippen molar-refractivity contribution in [2.45, 2.75) is 18.4 Å². The summed E-state index contributed by atoms with van der Waals surface area (Å²) >= 11 is 0. The summed E-state index contributed by atoms with van der Waals surface area (Å²) in [6.45, 7) is 2.02. The summed E-state index contributed by atoms with van der Waals surface area (Å²) in [7, 11) is 1.87. The van der Waals surface area contributed by atoms with Crippen molar-refractivity contribution in [3.8, 4) is 0 Å². The van der Waals surface area contributed by atoms with Gasteiger partial charge in [0.1, 0.15) is 0 Å². The minimum absolute atomic E-state index is 0.0822. The molecule has 1 aromatic carbocycles. The number of likely N-dealkylation sites (N-methyl/N-ethyl adjacent to an activating group) is 1. The van der Waals surface area contributed by atoms with E-state index in [0.29, 0.717) is 44.7 Å². The molecule has 1 heterocycles. The van der Waals surface area contributed by atoms with Crippen LogP contribution in [-0.4, -0.2) is 54.7 Å². The molecule has 0 spiro atoms. The molecule has 1 N–H and O–H groups in total. The Bertz CT molecular complexity index is 413. The van der Waals surface area contributed by atoms with Crippen LogP contribution in [-0.2, 0) is 4.74 Å². The molecule has 0 aromatic heterocycles. The maximum Gasteiger partial charge on any atom is 0.176 e. The van der Waals surface area contributed by atoms with Crippen LogP contribution in [0, 0.1) is 0 Å². The van der Waals surface area contributed by atoms with Gasteiger partial charge in [0, 0.05) is 38.2 Å². The average molecular weight is 263 g/mol. The van der Waals surface area contributed by atoms with Gasteiger partial charge in [-0.25, -0.2) is 0 Å². The quantitative estimate of drug-likeness (QED) is 0.815. The van der Waals surface area contributed by atoms with Crippen molar-refractivity contribution in [1.82, 2.24) is 4.90 Å². The summed E-state index contributed by atoms with van der Waals surface area (Å²) in [5.41, 5.74) is -0.00225. The van der Waals surface area contributed by atoms with Crippen LogP contribution in [0.15, 0.2) is 30.3 Å². The first-order valence-electron chi connectivity index (χ1n) is 6.66.